The Morgan fingerprint density at radius 2 is 1.90 bits per heavy atom. The minimum atomic E-state index is -0.156. The van der Waals surface area contributed by atoms with Gasteiger partial charge in [-0.2, -0.15) is 0 Å². The fourth-order valence-electron chi connectivity index (χ4n) is 3.50. The van der Waals surface area contributed by atoms with Crippen molar-refractivity contribution < 1.29 is 9.53 Å². The second-order valence-electron chi connectivity index (χ2n) is 7.30. The standard InChI is InChI=1S/C17H33NO2/c1-11(2)9-16(17(19)20-6)18-15-10-13(5)7-8-14(15)12(3)4/h11-16,18H,7-10H2,1-6H3. The Hall–Kier alpha value is -0.570. The molecule has 0 saturated heterocycles. The molecular weight excluding hydrogens is 250 g/mol. The molecule has 0 bridgehead atoms. The first-order valence-electron chi connectivity index (χ1n) is 8.19. The first kappa shape index (κ1) is 17.5. The zero-order chi connectivity index (χ0) is 15.3. The predicted molar refractivity (Wildman–Crippen MR) is 83.5 cm³/mol. The molecule has 1 fully saturated rings. The number of ether oxygens (including phenoxy) is 1. The van der Waals surface area contributed by atoms with Crippen molar-refractivity contribution in [3.05, 3.63) is 0 Å². The molecular formula is C17H33NO2. The van der Waals surface area contributed by atoms with E-state index in [2.05, 4.69) is 39.9 Å². The van der Waals surface area contributed by atoms with Crippen LogP contribution < -0.4 is 5.32 Å². The second kappa shape index (κ2) is 8.02. The first-order chi connectivity index (χ1) is 9.35. The number of methoxy groups -OCH3 is 1. The monoisotopic (exact) mass is 283 g/mol. The summed E-state index contributed by atoms with van der Waals surface area (Å²) in [5, 5.41) is 3.63. The number of esters is 1. The predicted octanol–water partition coefficient (Wildman–Crippen LogP) is 3.62. The van der Waals surface area contributed by atoms with E-state index in [-0.39, 0.29) is 12.0 Å². The third kappa shape index (κ3) is 5.08. The van der Waals surface area contributed by atoms with Crippen molar-refractivity contribution in [1.82, 2.24) is 5.32 Å². The summed E-state index contributed by atoms with van der Waals surface area (Å²) in [7, 11) is 1.49. The third-order valence-electron chi connectivity index (χ3n) is 4.63. The van der Waals surface area contributed by atoms with E-state index < -0.39 is 0 Å². The van der Waals surface area contributed by atoms with Gasteiger partial charge in [0.25, 0.3) is 0 Å². The minimum absolute atomic E-state index is 0.112. The number of rotatable bonds is 6. The van der Waals surface area contributed by atoms with E-state index in [1.165, 1.54) is 26.4 Å². The van der Waals surface area contributed by atoms with E-state index in [0.29, 0.717) is 23.8 Å². The van der Waals surface area contributed by atoms with E-state index in [4.69, 9.17) is 4.74 Å². The number of nitrogens with one attached hydrogen (secondary N) is 1. The highest BCUT2D eigenvalue weighted by Crippen LogP contribution is 2.34. The average molecular weight is 283 g/mol. The maximum atomic E-state index is 12.0. The molecule has 3 heteroatoms. The van der Waals surface area contributed by atoms with Crippen LogP contribution in [0.3, 0.4) is 0 Å². The fourth-order valence-corrected chi connectivity index (χ4v) is 3.50. The van der Waals surface area contributed by atoms with Crippen molar-refractivity contribution in [3.63, 3.8) is 0 Å². The van der Waals surface area contributed by atoms with Gasteiger partial charge < -0.3 is 10.1 Å². The van der Waals surface area contributed by atoms with Gasteiger partial charge in [-0.15, -0.1) is 0 Å². The molecule has 0 aliphatic heterocycles. The Morgan fingerprint density at radius 3 is 2.40 bits per heavy atom. The number of carbonyl (C=O) groups is 1. The lowest BCUT2D eigenvalue weighted by Gasteiger charge is -2.39. The van der Waals surface area contributed by atoms with Crippen LogP contribution in [0.2, 0.25) is 0 Å². The molecule has 1 aliphatic carbocycles. The van der Waals surface area contributed by atoms with Crippen molar-refractivity contribution in [2.75, 3.05) is 7.11 Å². The van der Waals surface area contributed by atoms with Crippen LogP contribution in [-0.2, 0) is 9.53 Å². The Balaban J connectivity index is 2.74. The fraction of sp³-hybridized carbons (Fsp3) is 0.941. The Morgan fingerprint density at radius 1 is 1.25 bits per heavy atom. The van der Waals surface area contributed by atoms with Crippen LogP contribution >= 0.6 is 0 Å². The van der Waals surface area contributed by atoms with E-state index in [1.54, 1.807) is 0 Å². The highest BCUT2D eigenvalue weighted by Gasteiger charge is 2.33. The summed E-state index contributed by atoms with van der Waals surface area (Å²) in [5.41, 5.74) is 0. The normalized spacial score (nSPS) is 28.7. The summed E-state index contributed by atoms with van der Waals surface area (Å²) in [6, 6.07) is 0.290. The zero-order valence-corrected chi connectivity index (χ0v) is 14.1. The highest BCUT2D eigenvalue weighted by atomic mass is 16.5. The van der Waals surface area contributed by atoms with Crippen molar-refractivity contribution in [3.8, 4) is 0 Å². The lowest BCUT2D eigenvalue weighted by Crippen LogP contribution is -2.50. The van der Waals surface area contributed by atoms with Crippen LogP contribution in [0.5, 0.6) is 0 Å². The molecule has 0 aromatic rings. The number of hydrogen-bond acceptors (Lipinski definition) is 3. The van der Waals surface area contributed by atoms with E-state index >= 15 is 0 Å². The summed E-state index contributed by atoms with van der Waals surface area (Å²) in [6.07, 6.45) is 4.61. The molecule has 1 saturated carbocycles. The van der Waals surface area contributed by atoms with Crippen LogP contribution in [0, 0.1) is 23.7 Å². The van der Waals surface area contributed by atoms with Crippen LogP contribution in [0.15, 0.2) is 0 Å². The van der Waals surface area contributed by atoms with Crippen LogP contribution in [0.25, 0.3) is 0 Å². The largest absolute Gasteiger partial charge is 0.468 e. The molecule has 0 aromatic carbocycles. The molecule has 1 rings (SSSR count). The van der Waals surface area contributed by atoms with Gasteiger partial charge in [-0.25, -0.2) is 0 Å². The Labute approximate surface area is 124 Å². The number of hydrogen-bond donors (Lipinski definition) is 1. The zero-order valence-electron chi connectivity index (χ0n) is 14.1. The van der Waals surface area contributed by atoms with Gasteiger partial charge in [0.1, 0.15) is 6.04 Å². The molecule has 20 heavy (non-hydrogen) atoms. The SMILES string of the molecule is COC(=O)C(CC(C)C)NC1CC(C)CCC1C(C)C. The van der Waals surface area contributed by atoms with Crippen LogP contribution in [-0.4, -0.2) is 25.2 Å². The van der Waals surface area contributed by atoms with Gasteiger partial charge >= 0.3 is 5.97 Å². The quantitative estimate of drug-likeness (QED) is 0.757. The lowest BCUT2D eigenvalue weighted by atomic mass is 9.73. The van der Waals surface area contributed by atoms with Gasteiger partial charge in [0.2, 0.25) is 0 Å². The maximum Gasteiger partial charge on any atom is 0.322 e. The maximum absolute atomic E-state index is 12.0. The summed E-state index contributed by atoms with van der Waals surface area (Å²) in [6.45, 7) is 11.2. The molecule has 118 valence electrons. The van der Waals surface area contributed by atoms with E-state index in [9.17, 15) is 4.79 Å². The van der Waals surface area contributed by atoms with Gasteiger partial charge in [0.05, 0.1) is 7.11 Å². The van der Waals surface area contributed by atoms with Crippen molar-refractivity contribution >= 4 is 5.97 Å². The van der Waals surface area contributed by atoms with Gasteiger partial charge in [0.15, 0.2) is 0 Å². The molecule has 4 unspecified atom stereocenters. The summed E-state index contributed by atoms with van der Waals surface area (Å²) < 4.78 is 4.98. The molecule has 1 N–H and O–H groups in total. The van der Waals surface area contributed by atoms with E-state index in [0.717, 1.165) is 12.3 Å². The smallest absolute Gasteiger partial charge is 0.322 e. The summed E-state index contributed by atoms with van der Waals surface area (Å²) in [5.74, 6) is 2.47. The first-order valence-corrected chi connectivity index (χ1v) is 8.19. The van der Waals surface area contributed by atoms with Crippen molar-refractivity contribution in [2.24, 2.45) is 23.7 Å². The molecule has 0 amide bonds. The van der Waals surface area contributed by atoms with Crippen LogP contribution in [0.4, 0.5) is 0 Å². The lowest BCUT2D eigenvalue weighted by molar-refractivity contribution is -0.144. The summed E-state index contributed by atoms with van der Waals surface area (Å²) >= 11 is 0. The molecule has 3 nitrogen and oxygen atoms in total. The van der Waals surface area contributed by atoms with E-state index in [1.807, 2.05) is 0 Å². The number of carbonyl (C=O) groups excluding carboxylic acids is 1. The van der Waals surface area contributed by atoms with Gasteiger partial charge in [-0.3, -0.25) is 4.79 Å². The second-order valence-corrected chi connectivity index (χ2v) is 7.30. The molecule has 0 spiro atoms. The van der Waals surface area contributed by atoms with Gasteiger partial charge in [0, 0.05) is 6.04 Å². The molecule has 0 aromatic heterocycles. The Bertz CT molecular complexity index is 301. The molecule has 4 atom stereocenters. The van der Waals surface area contributed by atoms with Crippen molar-refractivity contribution in [1.29, 1.82) is 0 Å². The average Bonchev–Trinajstić information content (AvgIpc) is 2.36. The van der Waals surface area contributed by atoms with Crippen molar-refractivity contribution in [2.45, 2.75) is 72.4 Å². The molecule has 0 radical (unpaired) electrons. The molecule has 0 heterocycles. The highest BCUT2D eigenvalue weighted by molar-refractivity contribution is 5.75. The Kier molecular flexibility index (Phi) is 7.01. The van der Waals surface area contributed by atoms with Crippen LogP contribution in [0.1, 0.15) is 60.3 Å². The van der Waals surface area contributed by atoms with Gasteiger partial charge in [-0.05, 0) is 42.9 Å². The minimum Gasteiger partial charge on any atom is -0.468 e. The topological polar surface area (TPSA) is 38.3 Å². The molecule has 1 aliphatic rings. The summed E-state index contributed by atoms with van der Waals surface area (Å²) in [4.78, 5) is 12.0. The third-order valence-corrected chi connectivity index (χ3v) is 4.63. The van der Waals surface area contributed by atoms with Gasteiger partial charge in [-0.1, -0.05) is 41.0 Å².